The molecular weight excluding hydrogens is 440 g/mol. The van der Waals surface area contributed by atoms with Crippen LogP contribution in [0.15, 0.2) is 23.3 Å². The van der Waals surface area contributed by atoms with Crippen molar-refractivity contribution in [2.24, 2.45) is 40.4 Å². The van der Waals surface area contributed by atoms with Crippen molar-refractivity contribution in [1.82, 2.24) is 0 Å². The zero-order valence-electron chi connectivity index (χ0n) is 24.7. The van der Waals surface area contributed by atoms with Gasteiger partial charge in [0.25, 0.3) is 0 Å². The van der Waals surface area contributed by atoms with Crippen molar-refractivity contribution in [2.75, 3.05) is 0 Å². The molecule has 0 bridgehead atoms. The smallest absolute Gasteiger partial charge is 0.192 e. The molecule has 2 heteroatoms. The molecule has 3 fully saturated rings. The summed E-state index contributed by atoms with van der Waals surface area (Å²) < 4.78 is 7.01. The minimum absolute atomic E-state index is 0.390. The lowest BCUT2D eigenvalue weighted by molar-refractivity contribution is 0.0345. The van der Waals surface area contributed by atoms with Crippen LogP contribution in [0.4, 0.5) is 0 Å². The standard InChI is InChI=1S/C33H58OSi/c1-9-35(10-2,11-3)34-27-19-21-32(7)26(23-27)15-16-28-30-18-17-29(25(6)14-12-13-24(4)5)33(30,8)22-20-31(28)32/h15-16,24-25,27,29-31H,9-14,17-23H2,1-8H3/t25-,27?,29-,30+,31+,32+,33-/m1/s1. The summed E-state index contributed by atoms with van der Waals surface area (Å²) in [5.41, 5.74) is 4.52. The summed E-state index contributed by atoms with van der Waals surface area (Å²) in [4.78, 5) is 0. The van der Waals surface area contributed by atoms with Gasteiger partial charge in [-0.25, -0.2) is 0 Å². The Hall–Kier alpha value is -0.343. The van der Waals surface area contributed by atoms with Crippen molar-refractivity contribution in [3.63, 3.8) is 0 Å². The van der Waals surface area contributed by atoms with Gasteiger partial charge in [-0.1, -0.05) is 98.0 Å². The third-order valence-corrected chi connectivity index (χ3v) is 16.8. The Morgan fingerprint density at radius 2 is 1.60 bits per heavy atom. The van der Waals surface area contributed by atoms with Crippen LogP contribution in [-0.4, -0.2) is 14.4 Å². The van der Waals surface area contributed by atoms with Crippen molar-refractivity contribution in [1.29, 1.82) is 0 Å². The summed E-state index contributed by atoms with van der Waals surface area (Å²) in [7, 11) is -1.53. The van der Waals surface area contributed by atoms with Gasteiger partial charge in [-0.15, -0.1) is 0 Å². The molecule has 4 aliphatic rings. The van der Waals surface area contributed by atoms with Crippen molar-refractivity contribution >= 4 is 8.32 Å². The summed E-state index contributed by atoms with van der Waals surface area (Å²) in [5.74, 6) is 4.30. The Bertz CT molecular complexity index is 783. The molecule has 0 saturated heterocycles. The summed E-state index contributed by atoms with van der Waals surface area (Å²) >= 11 is 0. The second kappa shape index (κ2) is 10.8. The molecule has 0 radical (unpaired) electrons. The van der Waals surface area contributed by atoms with Gasteiger partial charge in [-0.05, 0) is 103 Å². The molecule has 0 aliphatic heterocycles. The van der Waals surface area contributed by atoms with Crippen molar-refractivity contribution in [3.8, 4) is 0 Å². The van der Waals surface area contributed by atoms with Crippen LogP contribution in [0.25, 0.3) is 0 Å². The molecule has 35 heavy (non-hydrogen) atoms. The SMILES string of the molecule is CC[Si](CC)(CC)OC1CC[C@@]2(C)C(=CC=C3[C@@H]4CC[C@H]([C@H](C)CCCC(C)C)[C@@]4(C)CC[C@@H]32)C1. The first-order valence-electron chi connectivity index (χ1n) is 15.7. The normalized spacial score (nSPS) is 37.9. The second-order valence-corrected chi connectivity index (χ2v) is 18.9. The van der Waals surface area contributed by atoms with Gasteiger partial charge in [-0.3, -0.25) is 0 Å². The van der Waals surface area contributed by atoms with E-state index in [2.05, 4.69) is 67.5 Å². The zero-order chi connectivity index (χ0) is 25.4. The maximum absolute atomic E-state index is 7.01. The number of rotatable bonds is 10. The first kappa shape index (κ1) is 27.7. The number of fused-ring (bicyclic) bond motifs is 5. The summed E-state index contributed by atoms with van der Waals surface area (Å²) in [6.07, 6.45) is 19.6. The van der Waals surface area contributed by atoms with Crippen LogP contribution in [0, 0.1) is 40.4 Å². The van der Waals surface area contributed by atoms with E-state index in [4.69, 9.17) is 4.43 Å². The highest BCUT2D eigenvalue weighted by Gasteiger charge is 2.57. The molecule has 1 nitrogen and oxygen atoms in total. The minimum atomic E-state index is -1.53. The lowest BCUT2D eigenvalue weighted by Gasteiger charge is -2.55. The average Bonchev–Trinajstić information content (AvgIpc) is 3.20. The lowest BCUT2D eigenvalue weighted by Crippen LogP contribution is -2.48. The molecule has 3 saturated carbocycles. The first-order chi connectivity index (χ1) is 16.6. The average molecular weight is 499 g/mol. The molecule has 0 aromatic carbocycles. The Morgan fingerprint density at radius 1 is 0.886 bits per heavy atom. The number of allylic oxidation sites excluding steroid dienone is 3. The Balaban J connectivity index is 1.49. The van der Waals surface area contributed by atoms with Crippen LogP contribution in [0.2, 0.25) is 18.1 Å². The van der Waals surface area contributed by atoms with Crippen LogP contribution in [0.5, 0.6) is 0 Å². The van der Waals surface area contributed by atoms with E-state index in [1.54, 1.807) is 5.57 Å². The zero-order valence-corrected chi connectivity index (χ0v) is 25.7. The van der Waals surface area contributed by atoms with Gasteiger partial charge < -0.3 is 4.43 Å². The third kappa shape index (κ3) is 5.06. The molecular formula is C33H58OSi. The maximum atomic E-state index is 7.01. The predicted octanol–water partition coefficient (Wildman–Crippen LogP) is 10.3. The molecule has 1 unspecified atom stereocenters. The fourth-order valence-electron chi connectivity index (χ4n) is 9.45. The molecule has 4 rings (SSSR count). The largest absolute Gasteiger partial charge is 0.414 e. The van der Waals surface area contributed by atoms with E-state index in [9.17, 15) is 0 Å². The second-order valence-electron chi connectivity index (χ2n) is 14.1. The van der Waals surface area contributed by atoms with Crippen molar-refractivity contribution in [2.45, 2.75) is 144 Å². The van der Waals surface area contributed by atoms with E-state index in [1.165, 1.54) is 82.3 Å². The van der Waals surface area contributed by atoms with Gasteiger partial charge in [0.2, 0.25) is 0 Å². The molecule has 7 atom stereocenters. The van der Waals surface area contributed by atoms with Crippen molar-refractivity contribution < 1.29 is 4.43 Å². The van der Waals surface area contributed by atoms with Crippen molar-refractivity contribution in [3.05, 3.63) is 23.3 Å². The van der Waals surface area contributed by atoms with E-state index in [-0.39, 0.29) is 0 Å². The van der Waals surface area contributed by atoms with E-state index in [1.807, 2.05) is 5.57 Å². The van der Waals surface area contributed by atoms with E-state index < -0.39 is 8.32 Å². The van der Waals surface area contributed by atoms with Gasteiger partial charge in [0.15, 0.2) is 8.32 Å². The van der Waals surface area contributed by atoms with Crippen LogP contribution < -0.4 is 0 Å². The molecule has 200 valence electrons. The molecule has 4 aliphatic carbocycles. The van der Waals surface area contributed by atoms with E-state index in [0.717, 1.165) is 29.6 Å². The molecule has 0 amide bonds. The molecule has 0 spiro atoms. The Labute approximate surface area is 220 Å². The summed E-state index contributed by atoms with van der Waals surface area (Å²) in [5, 5.41) is 0. The summed E-state index contributed by atoms with van der Waals surface area (Å²) in [6.45, 7) is 19.8. The molecule has 0 aromatic rings. The van der Waals surface area contributed by atoms with Gasteiger partial charge in [0.1, 0.15) is 0 Å². The van der Waals surface area contributed by atoms with Crippen LogP contribution in [0.3, 0.4) is 0 Å². The molecule has 0 N–H and O–H groups in total. The number of hydrogen-bond acceptors (Lipinski definition) is 1. The van der Waals surface area contributed by atoms with Crippen LogP contribution in [0.1, 0.15) is 120 Å². The maximum Gasteiger partial charge on any atom is 0.192 e. The fourth-order valence-corrected chi connectivity index (χ4v) is 12.4. The van der Waals surface area contributed by atoms with Crippen LogP contribution in [-0.2, 0) is 4.43 Å². The topological polar surface area (TPSA) is 9.23 Å². The van der Waals surface area contributed by atoms with Gasteiger partial charge in [0.05, 0.1) is 0 Å². The highest BCUT2D eigenvalue weighted by atomic mass is 28.4. The van der Waals surface area contributed by atoms with Gasteiger partial charge >= 0.3 is 0 Å². The van der Waals surface area contributed by atoms with Gasteiger partial charge in [0, 0.05) is 6.10 Å². The minimum Gasteiger partial charge on any atom is -0.414 e. The first-order valence-corrected chi connectivity index (χ1v) is 18.2. The third-order valence-electron chi connectivity index (χ3n) is 12.1. The Kier molecular flexibility index (Phi) is 8.54. The quantitative estimate of drug-likeness (QED) is 0.272. The number of hydrogen-bond donors (Lipinski definition) is 0. The Morgan fingerprint density at radius 3 is 2.26 bits per heavy atom. The predicted molar refractivity (Wildman–Crippen MR) is 155 cm³/mol. The van der Waals surface area contributed by atoms with E-state index in [0.29, 0.717) is 16.9 Å². The lowest BCUT2D eigenvalue weighted by atomic mass is 9.50. The van der Waals surface area contributed by atoms with Gasteiger partial charge in [-0.2, -0.15) is 0 Å². The fraction of sp³-hybridized carbons (Fsp3) is 0.879. The molecule has 0 aromatic heterocycles. The monoisotopic (exact) mass is 498 g/mol. The van der Waals surface area contributed by atoms with E-state index >= 15 is 0 Å². The highest BCUT2D eigenvalue weighted by Crippen LogP contribution is 2.66. The highest BCUT2D eigenvalue weighted by molar-refractivity contribution is 6.73. The van der Waals surface area contributed by atoms with Crippen LogP contribution >= 0.6 is 0 Å². The molecule has 0 heterocycles. The summed E-state index contributed by atoms with van der Waals surface area (Å²) in [6, 6.07) is 3.82.